The van der Waals surface area contributed by atoms with Gasteiger partial charge in [0.2, 0.25) is 5.91 Å². The van der Waals surface area contributed by atoms with Gasteiger partial charge in [-0.25, -0.2) is 0 Å². The molecule has 0 saturated carbocycles. The van der Waals surface area contributed by atoms with Crippen molar-refractivity contribution in [2.45, 2.75) is 302 Å². The van der Waals surface area contributed by atoms with Crippen LogP contribution in [-0.4, -0.2) is 46.9 Å². The largest absolute Gasteiger partial charge is 0.462 e. The van der Waals surface area contributed by atoms with Gasteiger partial charge in [0, 0.05) is 6.42 Å². The number of esters is 1. The molecule has 0 fully saturated rings. The minimum atomic E-state index is -0.789. The first-order valence-corrected chi connectivity index (χ1v) is 27.2. The molecule has 0 rings (SSSR count). The number of amides is 1. The number of unbranched alkanes of at least 4 members (excludes halogenated alkanes) is 31. The highest BCUT2D eigenvalue weighted by molar-refractivity contribution is 5.77. The molecule has 0 aromatic carbocycles. The summed E-state index contributed by atoms with van der Waals surface area (Å²) in [5.74, 6) is -0.481. The lowest BCUT2D eigenvalue weighted by molar-refractivity contribution is -0.151. The van der Waals surface area contributed by atoms with Crippen molar-refractivity contribution in [1.29, 1.82) is 0 Å². The van der Waals surface area contributed by atoms with Crippen molar-refractivity contribution in [2.75, 3.05) is 6.61 Å². The Morgan fingerprint density at radius 3 is 1.29 bits per heavy atom. The van der Waals surface area contributed by atoms with Gasteiger partial charge < -0.3 is 20.3 Å². The van der Waals surface area contributed by atoms with Gasteiger partial charge in [0.1, 0.15) is 6.10 Å². The molecule has 3 unspecified atom stereocenters. The van der Waals surface area contributed by atoms with Gasteiger partial charge in [-0.2, -0.15) is 0 Å². The van der Waals surface area contributed by atoms with E-state index in [0.717, 1.165) is 70.6 Å². The molecular weight excluding hydrogens is 767 g/mol. The normalized spacial score (nSPS) is 13.4. The lowest BCUT2D eigenvalue weighted by atomic mass is 10.0. The van der Waals surface area contributed by atoms with Gasteiger partial charge in [0.25, 0.3) is 0 Å². The second kappa shape index (κ2) is 50.1. The highest BCUT2D eigenvalue weighted by atomic mass is 16.5. The van der Waals surface area contributed by atoms with Crippen LogP contribution in [0.3, 0.4) is 0 Å². The second-order valence-electron chi connectivity index (χ2n) is 18.6. The molecule has 6 heteroatoms. The zero-order valence-corrected chi connectivity index (χ0v) is 41.5. The molecule has 0 aliphatic heterocycles. The van der Waals surface area contributed by atoms with Crippen LogP contribution >= 0.6 is 0 Å². The van der Waals surface area contributed by atoms with Crippen LogP contribution in [0, 0.1) is 0 Å². The molecule has 0 heterocycles. The summed E-state index contributed by atoms with van der Waals surface area (Å²) >= 11 is 0. The molecule has 3 atom stereocenters. The van der Waals surface area contributed by atoms with E-state index in [-0.39, 0.29) is 24.9 Å². The molecule has 0 aromatic rings. The average molecular weight is 872 g/mol. The lowest BCUT2D eigenvalue weighted by Crippen LogP contribution is -2.46. The van der Waals surface area contributed by atoms with Gasteiger partial charge in [-0.15, -0.1) is 0 Å². The minimum absolute atomic E-state index is 0.0711. The predicted molar refractivity (Wildman–Crippen MR) is 269 cm³/mol. The molecule has 0 radical (unpaired) electrons. The van der Waals surface area contributed by atoms with E-state index in [2.05, 4.69) is 62.5 Å². The smallest absolute Gasteiger partial charge is 0.306 e. The molecule has 62 heavy (non-hydrogen) atoms. The molecule has 0 spiro atoms. The SMILES string of the molecule is CCCCC/C=C\C/C=C\CCCCCCCCCC(=O)OC(CCCCCCC/C=C\CCCCCC)CC(=O)NC(CO)C(O)CCCCCCCCCCCCCCC. The third kappa shape index (κ3) is 44.7. The van der Waals surface area contributed by atoms with Crippen molar-refractivity contribution in [3.8, 4) is 0 Å². The highest BCUT2D eigenvalue weighted by Crippen LogP contribution is 2.18. The highest BCUT2D eigenvalue weighted by Gasteiger charge is 2.24. The lowest BCUT2D eigenvalue weighted by Gasteiger charge is -2.24. The fraction of sp³-hybridized carbons (Fsp3) is 0.857. The van der Waals surface area contributed by atoms with E-state index in [1.165, 1.54) is 167 Å². The van der Waals surface area contributed by atoms with E-state index in [4.69, 9.17) is 4.74 Å². The molecule has 0 saturated heterocycles. The standard InChI is InChI=1S/C56H105NO5/c1-4-7-10-13-16-19-22-25-26-27-28-31-34-37-40-43-46-49-56(61)62-52(47-44-41-38-35-32-29-23-20-17-14-11-8-5-2)50-55(60)57-53(51-58)54(59)48-45-42-39-36-33-30-24-21-18-15-12-9-6-3/h16,19-20,23,25-26,52-54,58-59H,4-15,17-18,21-22,24,27-51H2,1-3H3,(H,57,60)/b19-16-,23-20-,26-25-. The number of allylic oxidation sites excluding steroid dienone is 6. The number of carbonyl (C=O) groups is 2. The fourth-order valence-corrected chi connectivity index (χ4v) is 8.28. The molecule has 0 aromatic heterocycles. The van der Waals surface area contributed by atoms with E-state index in [0.29, 0.717) is 19.3 Å². The molecule has 0 aliphatic rings. The Morgan fingerprint density at radius 1 is 0.468 bits per heavy atom. The summed E-state index contributed by atoms with van der Waals surface area (Å²) in [5, 5.41) is 23.8. The van der Waals surface area contributed by atoms with Crippen molar-refractivity contribution in [1.82, 2.24) is 5.32 Å². The maximum Gasteiger partial charge on any atom is 0.306 e. The maximum atomic E-state index is 13.2. The summed E-state index contributed by atoms with van der Waals surface area (Å²) in [5.41, 5.74) is 0. The summed E-state index contributed by atoms with van der Waals surface area (Å²) in [4.78, 5) is 26.2. The van der Waals surface area contributed by atoms with Gasteiger partial charge in [-0.3, -0.25) is 9.59 Å². The Labute approximate surface area is 385 Å². The number of aliphatic hydroxyl groups excluding tert-OH is 2. The molecule has 3 N–H and O–H groups in total. The fourth-order valence-electron chi connectivity index (χ4n) is 8.28. The minimum Gasteiger partial charge on any atom is -0.462 e. The number of hydrogen-bond acceptors (Lipinski definition) is 5. The van der Waals surface area contributed by atoms with Gasteiger partial charge >= 0.3 is 5.97 Å². The van der Waals surface area contributed by atoms with Gasteiger partial charge in [0.05, 0.1) is 25.2 Å². The molecule has 0 bridgehead atoms. The van der Waals surface area contributed by atoms with E-state index in [1.54, 1.807) is 0 Å². The van der Waals surface area contributed by atoms with Gasteiger partial charge in [-0.05, 0) is 83.5 Å². The summed E-state index contributed by atoms with van der Waals surface area (Å²) in [6.45, 7) is 6.46. The number of carbonyl (C=O) groups excluding carboxylic acids is 2. The third-order valence-corrected chi connectivity index (χ3v) is 12.4. The van der Waals surface area contributed by atoms with Crippen LogP contribution in [0.25, 0.3) is 0 Å². The van der Waals surface area contributed by atoms with Crippen molar-refractivity contribution in [3.63, 3.8) is 0 Å². The van der Waals surface area contributed by atoms with Crippen molar-refractivity contribution in [2.24, 2.45) is 0 Å². The summed E-state index contributed by atoms with van der Waals surface area (Å²) < 4.78 is 5.94. The summed E-state index contributed by atoms with van der Waals surface area (Å²) in [6, 6.07) is -0.703. The number of hydrogen-bond donors (Lipinski definition) is 3. The van der Waals surface area contributed by atoms with E-state index >= 15 is 0 Å². The van der Waals surface area contributed by atoms with Crippen molar-refractivity contribution >= 4 is 11.9 Å². The quantitative estimate of drug-likeness (QED) is 0.0321. The zero-order chi connectivity index (χ0) is 45.2. The summed E-state index contributed by atoms with van der Waals surface area (Å²) in [6.07, 6.45) is 59.1. The van der Waals surface area contributed by atoms with Crippen molar-refractivity contribution < 1.29 is 24.5 Å². The Bertz CT molecular complexity index is 1020. The Kier molecular flexibility index (Phi) is 48.5. The number of ether oxygens (including phenoxy) is 1. The van der Waals surface area contributed by atoms with E-state index in [1.807, 2.05) is 0 Å². The molecule has 1 amide bonds. The molecule has 6 nitrogen and oxygen atoms in total. The Balaban J connectivity index is 4.55. The zero-order valence-electron chi connectivity index (χ0n) is 41.5. The van der Waals surface area contributed by atoms with Crippen molar-refractivity contribution in [3.05, 3.63) is 36.5 Å². The monoisotopic (exact) mass is 872 g/mol. The second-order valence-corrected chi connectivity index (χ2v) is 18.6. The first-order valence-electron chi connectivity index (χ1n) is 27.2. The first kappa shape index (κ1) is 60.1. The van der Waals surface area contributed by atoms with Crippen LogP contribution in [0.1, 0.15) is 284 Å². The molecule has 0 aliphatic carbocycles. The van der Waals surface area contributed by atoms with Crippen LogP contribution in [0.2, 0.25) is 0 Å². The van der Waals surface area contributed by atoms with Crippen LogP contribution in [-0.2, 0) is 14.3 Å². The van der Waals surface area contributed by atoms with Crippen LogP contribution in [0.15, 0.2) is 36.5 Å². The average Bonchev–Trinajstić information content (AvgIpc) is 3.26. The first-order chi connectivity index (χ1) is 30.5. The maximum absolute atomic E-state index is 13.2. The number of aliphatic hydroxyl groups is 2. The van der Waals surface area contributed by atoms with Crippen LogP contribution < -0.4 is 5.32 Å². The molecule has 364 valence electrons. The summed E-state index contributed by atoms with van der Waals surface area (Å²) in [7, 11) is 0. The number of nitrogens with one attached hydrogen (secondary N) is 1. The van der Waals surface area contributed by atoms with Gasteiger partial charge in [0.15, 0.2) is 0 Å². The van der Waals surface area contributed by atoms with Gasteiger partial charge in [-0.1, -0.05) is 224 Å². The van der Waals surface area contributed by atoms with Crippen LogP contribution in [0.5, 0.6) is 0 Å². The van der Waals surface area contributed by atoms with Crippen LogP contribution in [0.4, 0.5) is 0 Å². The predicted octanol–water partition coefficient (Wildman–Crippen LogP) is 16.5. The third-order valence-electron chi connectivity index (χ3n) is 12.4. The Hall–Kier alpha value is -1.92. The van der Waals surface area contributed by atoms with E-state index in [9.17, 15) is 19.8 Å². The number of rotatable bonds is 49. The Morgan fingerprint density at radius 2 is 0.823 bits per heavy atom. The molecular formula is C56H105NO5. The topological polar surface area (TPSA) is 95.9 Å². The van der Waals surface area contributed by atoms with E-state index < -0.39 is 18.2 Å².